The molecule has 2 amide bonds. The SMILES string of the molecule is CC[C@@H](CNC(=O)N(C)Cc1cccc(SC)c1)N(C)CC. The van der Waals surface area contributed by atoms with E-state index in [2.05, 4.69) is 55.6 Å². The van der Waals surface area contributed by atoms with Crippen LogP contribution in [0.15, 0.2) is 29.2 Å². The molecule has 0 aliphatic carbocycles. The standard InChI is InChI=1S/C17H29N3OS/c1-6-15(19(3)7-2)12-18-17(21)20(4)13-14-9-8-10-16(11-14)22-5/h8-11,15H,6-7,12-13H2,1-5H3,(H,18,21)/t15-/m0/s1. The van der Waals surface area contributed by atoms with Crippen molar-refractivity contribution in [1.82, 2.24) is 15.1 Å². The van der Waals surface area contributed by atoms with Crippen LogP contribution in [0.3, 0.4) is 0 Å². The number of likely N-dealkylation sites (N-methyl/N-ethyl adjacent to an activating group) is 1. The smallest absolute Gasteiger partial charge is 0.317 e. The molecule has 0 heterocycles. The van der Waals surface area contributed by atoms with Crippen molar-refractivity contribution in [2.75, 3.05) is 33.4 Å². The van der Waals surface area contributed by atoms with Crippen molar-refractivity contribution in [3.05, 3.63) is 29.8 Å². The lowest BCUT2D eigenvalue weighted by Gasteiger charge is -2.27. The van der Waals surface area contributed by atoms with Crippen LogP contribution in [0, 0.1) is 0 Å². The molecule has 0 saturated heterocycles. The Kier molecular flexibility index (Phi) is 8.35. The van der Waals surface area contributed by atoms with Crippen LogP contribution < -0.4 is 5.32 Å². The number of amides is 2. The molecule has 0 spiro atoms. The van der Waals surface area contributed by atoms with Crippen LogP contribution in [-0.2, 0) is 6.54 Å². The maximum atomic E-state index is 12.2. The zero-order valence-electron chi connectivity index (χ0n) is 14.4. The maximum absolute atomic E-state index is 12.2. The highest BCUT2D eigenvalue weighted by atomic mass is 32.2. The minimum atomic E-state index is -0.0162. The number of rotatable bonds is 8. The minimum absolute atomic E-state index is 0.0162. The Labute approximate surface area is 139 Å². The van der Waals surface area contributed by atoms with E-state index in [1.54, 1.807) is 16.7 Å². The third-order valence-corrected chi connectivity index (χ3v) is 4.71. The first-order chi connectivity index (χ1) is 10.5. The number of benzene rings is 1. The minimum Gasteiger partial charge on any atom is -0.336 e. The summed E-state index contributed by atoms with van der Waals surface area (Å²) in [6.07, 6.45) is 3.09. The van der Waals surface area contributed by atoms with E-state index in [9.17, 15) is 4.79 Å². The molecule has 124 valence electrons. The van der Waals surface area contributed by atoms with Gasteiger partial charge in [0.15, 0.2) is 0 Å². The summed E-state index contributed by atoms with van der Waals surface area (Å²) in [6, 6.07) is 8.69. The van der Waals surface area contributed by atoms with Crippen LogP contribution in [0.5, 0.6) is 0 Å². The van der Waals surface area contributed by atoms with Crippen molar-refractivity contribution >= 4 is 17.8 Å². The van der Waals surface area contributed by atoms with Gasteiger partial charge in [-0.25, -0.2) is 4.79 Å². The van der Waals surface area contributed by atoms with Crippen molar-refractivity contribution < 1.29 is 4.79 Å². The van der Waals surface area contributed by atoms with Crippen LogP contribution >= 0.6 is 11.8 Å². The molecule has 5 heteroatoms. The second kappa shape index (κ2) is 9.74. The van der Waals surface area contributed by atoms with Crippen LogP contribution in [0.25, 0.3) is 0 Å². The highest BCUT2D eigenvalue weighted by Crippen LogP contribution is 2.16. The molecule has 1 atom stereocenters. The summed E-state index contributed by atoms with van der Waals surface area (Å²) in [5.41, 5.74) is 1.15. The Morgan fingerprint density at radius 2 is 2.05 bits per heavy atom. The fourth-order valence-electron chi connectivity index (χ4n) is 2.33. The summed E-state index contributed by atoms with van der Waals surface area (Å²) in [7, 11) is 3.93. The number of carbonyl (C=O) groups is 1. The number of hydrogen-bond acceptors (Lipinski definition) is 3. The third-order valence-electron chi connectivity index (χ3n) is 3.98. The normalized spacial score (nSPS) is 12.3. The van der Waals surface area contributed by atoms with Crippen molar-refractivity contribution in [2.45, 2.75) is 37.8 Å². The quantitative estimate of drug-likeness (QED) is 0.746. The van der Waals surface area contributed by atoms with Gasteiger partial charge < -0.3 is 15.1 Å². The predicted molar refractivity (Wildman–Crippen MR) is 95.5 cm³/mol. The monoisotopic (exact) mass is 323 g/mol. The molecule has 1 aromatic carbocycles. The van der Waals surface area contributed by atoms with Gasteiger partial charge in [0.2, 0.25) is 0 Å². The summed E-state index contributed by atoms with van der Waals surface area (Å²) >= 11 is 1.72. The lowest BCUT2D eigenvalue weighted by Crippen LogP contribution is -2.45. The van der Waals surface area contributed by atoms with Gasteiger partial charge in [0.25, 0.3) is 0 Å². The van der Waals surface area contributed by atoms with Crippen LogP contribution in [0.2, 0.25) is 0 Å². The zero-order chi connectivity index (χ0) is 16.5. The van der Waals surface area contributed by atoms with E-state index in [-0.39, 0.29) is 6.03 Å². The molecule has 1 N–H and O–H groups in total. The predicted octanol–water partition coefficient (Wildman–Crippen LogP) is 3.28. The Hall–Kier alpha value is -1.20. The van der Waals surface area contributed by atoms with E-state index < -0.39 is 0 Å². The Morgan fingerprint density at radius 3 is 2.64 bits per heavy atom. The van der Waals surface area contributed by atoms with E-state index in [0.29, 0.717) is 19.1 Å². The number of nitrogens with one attached hydrogen (secondary N) is 1. The second-order valence-corrected chi connectivity index (χ2v) is 6.41. The number of nitrogens with zero attached hydrogens (tertiary/aromatic N) is 2. The highest BCUT2D eigenvalue weighted by Gasteiger charge is 2.14. The topological polar surface area (TPSA) is 35.6 Å². The molecule has 0 aliphatic heterocycles. The molecule has 22 heavy (non-hydrogen) atoms. The van der Waals surface area contributed by atoms with Crippen molar-refractivity contribution in [2.24, 2.45) is 0 Å². The van der Waals surface area contributed by atoms with Crippen molar-refractivity contribution in [3.8, 4) is 0 Å². The number of urea groups is 1. The lowest BCUT2D eigenvalue weighted by atomic mass is 10.2. The fourth-order valence-corrected chi connectivity index (χ4v) is 2.81. The molecular weight excluding hydrogens is 294 g/mol. The summed E-state index contributed by atoms with van der Waals surface area (Å²) in [5, 5.41) is 3.04. The van der Waals surface area contributed by atoms with Crippen molar-refractivity contribution in [1.29, 1.82) is 0 Å². The van der Waals surface area contributed by atoms with Gasteiger partial charge in [0.05, 0.1) is 0 Å². The Morgan fingerprint density at radius 1 is 1.32 bits per heavy atom. The van der Waals surface area contributed by atoms with E-state index >= 15 is 0 Å². The second-order valence-electron chi connectivity index (χ2n) is 5.53. The molecule has 0 fully saturated rings. The molecule has 0 bridgehead atoms. The third kappa shape index (κ3) is 5.89. The van der Waals surface area contributed by atoms with E-state index in [1.807, 2.05) is 13.1 Å². The first kappa shape index (κ1) is 18.8. The number of hydrogen-bond donors (Lipinski definition) is 1. The highest BCUT2D eigenvalue weighted by molar-refractivity contribution is 7.98. The van der Waals surface area contributed by atoms with Gasteiger partial charge in [-0.3, -0.25) is 0 Å². The van der Waals surface area contributed by atoms with Gasteiger partial charge in [-0.2, -0.15) is 0 Å². The van der Waals surface area contributed by atoms with E-state index in [1.165, 1.54) is 4.90 Å². The van der Waals surface area contributed by atoms with Crippen LogP contribution in [-0.4, -0.2) is 55.3 Å². The average molecular weight is 324 g/mol. The molecule has 0 aromatic heterocycles. The Bertz CT molecular complexity index is 467. The summed E-state index contributed by atoms with van der Waals surface area (Å²) in [4.78, 5) is 17.4. The molecule has 0 unspecified atom stereocenters. The summed E-state index contributed by atoms with van der Waals surface area (Å²) in [6.45, 7) is 6.59. The van der Waals surface area contributed by atoms with E-state index in [0.717, 1.165) is 18.5 Å². The molecule has 0 saturated carbocycles. The van der Waals surface area contributed by atoms with Gasteiger partial charge in [0, 0.05) is 31.1 Å². The number of carbonyl (C=O) groups excluding carboxylic acids is 1. The largest absolute Gasteiger partial charge is 0.336 e. The molecule has 1 aromatic rings. The lowest BCUT2D eigenvalue weighted by molar-refractivity contribution is 0.195. The summed E-state index contributed by atoms with van der Waals surface area (Å²) in [5.74, 6) is 0. The molecule has 0 radical (unpaired) electrons. The molecule has 4 nitrogen and oxygen atoms in total. The summed E-state index contributed by atoms with van der Waals surface area (Å²) < 4.78 is 0. The fraction of sp³-hybridized carbons (Fsp3) is 0.588. The Balaban J connectivity index is 2.50. The number of thioether (sulfide) groups is 1. The molecule has 0 aliphatic rings. The maximum Gasteiger partial charge on any atom is 0.317 e. The van der Waals surface area contributed by atoms with Crippen molar-refractivity contribution in [3.63, 3.8) is 0 Å². The van der Waals surface area contributed by atoms with Crippen LogP contribution in [0.1, 0.15) is 25.8 Å². The average Bonchev–Trinajstić information content (AvgIpc) is 2.54. The van der Waals surface area contributed by atoms with Crippen LogP contribution in [0.4, 0.5) is 4.79 Å². The molecule has 1 rings (SSSR count). The first-order valence-corrected chi connectivity index (χ1v) is 9.06. The van der Waals surface area contributed by atoms with Gasteiger partial charge in [0.1, 0.15) is 0 Å². The van der Waals surface area contributed by atoms with Gasteiger partial charge >= 0.3 is 6.03 Å². The van der Waals surface area contributed by atoms with E-state index in [4.69, 9.17) is 0 Å². The van der Waals surface area contributed by atoms with Gasteiger partial charge in [-0.1, -0.05) is 26.0 Å². The van der Waals surface area contributed by atoms with Gasteiger partial charge in [-0.15, -0.1) is 11.8 Å². The first-order valence-electron chi connectivity index (χ1n) is 7.83. The molecular formula is C17H29N3OS. The zero-order valence-corrected chi connectivity index (χ0v) is 15.2. The van der Waals surface area contributed by atoms with Gasteiger partial charge in [-0.05, 0) is 44.0 Å².